The van der Waals surface area contributed by atoms with Gasteiger partial charge in [-0.3, -0.25) is 14.4 Å². The molecule has 8 aliphatic heterocycles. The van der Waals surface area contributed by atoms with Crippen LogP contribution in [0.3, 0.4) is 0 Å². The van der Waals surface area contributed by atoms with Crippen molar-refractivity contribution in [3.8, 4) is 0 Å². The van der Waals surface area contributed by atoms with Gasteiger partial charge in [0.15, 0.2) is 50.3 Å². The van der Waals surface area contributed by atoms with Crippen LogP contribution < -0.4 is 16.0 Å². The lowest BCUT2D eigenvalue weighted by Gasteiger charge is -2.50. The standard InChI is InChI=1S/C54H91N3O40/c1-12-26(66)34(74)38(78)50(85-12)83-11-22-44(31(71)23(47(82)86-22)55-13(2)63)93-48-24(56-14(3)64)32(72)43(20(9-62)90-48)95-53-41(81)45(96-52-40(80)36(76)28(68)17(6-59)88-52)30(70)21(92-53)10-84-54-46(37(77)29(69)18(7-60)89-54)97-49-25(57-15(4)65)33(73)42(19(8-61)91-49)94-51-39(79)35(75)27(67)16(5-58)87-51/h12,16-54,58-62,66-82H,5-11H2,1-4H3,(H,55,63)(H,56,64)(H,57,65)/t12-,16+,17+,18+,19+,20+,21+,22+,23+,24+,25+,26+,27-,28+,29+,30+,31+,32+,33+,34+,35-,36-,37-,38-,39+,40-,41-,42+,43+,44+,45-,46-,47+,48-,49+,50+,51-,52+,53-,54-/m0/s1. The van der Waals surface area contributed by atoms with Crippen LogP contribution in [0, 0.1) is 0 Å². The molecule has 8 saturated heterocycles. The fourth-order valence-corrected chi connectivity index (χ4v) is 12.4. The third-order valence-corrected chi connectivity index (χ3v) is 17.8. The molecular formula is C54H91N3O40. The number of hydrogen-bond donors (Lipinski definition) is 25. The molecule has 0 saturated carbocycles. The van der Waals surface area contributed by atoms with Gasteiger partial charge in [0.05, 0.1) is 52.4 Å². The first-order chi connectivity index (χ1) is 45.8. The van der Waals surface area contributed by atoms with Crippen molar-refractivity contribution < 1.29 is 198 Å². The van der Waals surface area contributed by atoms with Crippen LogP contribution >= 0.6 is 0 Å². The molecule has 0 bridgehead atoms. The van der Waals surface area contributed by atoms with E-state index in [1.807, 2.05) is 0 Å². The molecule has 97 heavy (non-hydrogen) atoms. The van der Waals surface area contributed by atoms with Gasteiger partial charge in [0.2, 0.25) is 17.7 Å². The predicted octanol–water partition coefficient (Wildman–Crippen LogP) is -17.0. The summed E-state index contributed by atoms with van der Waals surface area (Å²) in [5.74, 6) is -2.60. The van der Waals surface area contributed by atoms with Crippen molar-refractivity contribution >= 4 is 17.7 Å². The van der Waals surface area contributed by atoms with Crippen molar-refractivity contribution in [1.29, 1.82) is 0 Å². The Morgan fingerprint density at radius 3 is 1.08 bits per heavy atom. The Morgan fingerprint density at radius 2 is 0.619 bits per heavy atom. The van der Waals surface area contributed by atoms with Crippen molar-refractivity contribution in [2.45, 2.75) is 273 Å². The summed E-state index contributed by atoms with van der Waals surface area (Å²) < 4.78 is 87.6. The third-order valence-electron chi connectivity index (χ3n) is 17.8. The highest BCUT2D eigenvalue weighted by atomic mass is 16.8. The van der Waals surface area contributed by atoms with E-state index in [4.69, 9.17) is 71.1 Å². The maximum absolute atomic E-state index is 13.0. The second kappa shape index (κ2) is 34.5. The molecule has 8 fully saturated rings. The number of amides is 3. The Hall–Kier alpha value is -3.07. The van der Waals surface area contributed by atoms with Crippen LogP contribution in [-0.4, -0.2) is 422 Å². The van der Waals surface area contributed by atoms with Gasteiger partial charge in [-0.25, -0.2) is 0 Å². The largest absolute Gasteiger partial charge is 0.394 e. The number of hydrogen-bond acceptors (Lipinski definition) is 40. The van der Waals surface area contributed by atoms with Gasteiger partial charge in [0.25, 0.3) is 0 Å². The minimum Gasteiger partial charge on any atom is -0.394 e. The SMILES string of the molecule is CC(=O)N[C@@H]1[C@@H](O)[C@H](O[C@@H]2O[C@H](CO)[C@@H](O[C@@H]3O[C@H](CO[C@H]4O[C@H](CO)[C@@H](O)[C@H](O)[C@@H]4O[C@H]4O[C@H](CO)[C@@H](O[C@@H]5O[C@H](CO)[C@H](O)[C@H](O)[C@H]5O)[C@H](O)[C@H]4NC(C)=O)[C@@H](O)[C@H](O[C@H]4O[C@H](CO)[C@@H](O)[C@H](O)[C@@H]4O)[C@@H]3O)[C@H](O)[C@H]2NC(C)=O)[C@@H](CO[C@@H]2O[C@@H](C)[C@@H](O)[C@@H](O)[C@@H]2O)O[C@H]1O. The zero-order valence-electron chi connectivity index (χ0n) is 52.2. The minimum absolute atomic E-state index is 0.790. The van der Waals surface area contributed by atoms with Crippen LogP contribution in [0.25, 0.3) is 0 Å². The second-order valence-corrected chi connectivity index (χ2v) is 24.6. The Kier molecular flexibility index (Phi) is 28.3. The fourth-order valence-electron chi connectivity index (χ4n) is 12.4. The highest BCUT2D eigenvalue weighted by molar-refractivity contribution is 5.74. The first kappa shape index (κ1) is 79.6. The smallest absolute Gasteiger partial charge is 0.217 e. The quantitative estimate of drug-likeness (QED) is 0.0427. The lowest BCUT2D eigenvalue weighted by molar-refractivity contribution is -0.389. The summed E-state index contributed by atoms with van der Waals surface area (Å²) in [6.07, 6.45) is -72.4. The van der Waals surface area contributed by atoms with Gasteiger partial charge < -0.3 is 199 Å². The molecule has 0 aromatic carbocycles. The van der Waals surface area contributed by atoms with Gasteiger partial charge in [0, 0.05) is 20.8 Å². The monoisotopic (exact) mass is 1420 g/mol. The van der Waals surface area contributed by atoms with E-state index in [1.165, 1.54) is 6.92 Å². The van der Waals surface area contributed by atoms with E-state index in [1.54, 1.807) is 0 Å². The molecule has 0 aliphatic carbocycles. The molecule has 0 radical (unpaired) electrons. The van der Waals surface area contributed by atoms with Crippen LogP contribution in [0.4, 0.5) is 0 Å². The lowest BCUT2D eigenvalue weighted by Crippen LogP contribution is -2.70. The van der Waals surface area contributed by atoms with E-state index in [9.17, 15) is 127 Å². The average Bonchev–Trinajstić information content (AvgIpc) is 0.777. The fraction of sp³-hybridized carbons (Fsp3) is 0.944. The molecule has 8 heterocycles. The zero-order valence-corrected chi connectivity index (χ0v) is 52.2. The summed E-state index contributed by atoms with van der Waals surface area (Å²) in [5, 5.41) is 247. The molecule has 0 aromatic heterocycles. The van der Waals surface area contributed by atoms with E-state index in [2.05, 4.69) is 16.0 Å². The third kappa shape index (κ3) is 17.6. The average molecular weight is 1420 g/mol. The van der Waals surface area contributed by atoms with Crippen molar-refractivity contribution in [2.75, 3.05) is 46.2 Å². The van der Waals surface area contributed by atoms with Gasteiger partial charge >= 0.3 is 0 Å². The maximum Gasteiger partial charge on any atom is 0.217 e. The number of ether oxygens (including phenoxy) is 15. The van der Waals surface area contributed by atoms with Gasteiger partial charge in [0.1, 0.15) is 189 Å². The van der Waals surface area contributed by atoms with Crippen molar-refractivity contribution in [3.63, 3.8) is 0 Å². The van der Waals surface area contributed by atoms with Gasteiger partial charge in [-0.1, -0.05) is 0 Å². The number of rotatable bonds is 24. The predicted molar refractivity (Wildman–Crippen MR) is 298 cm³/mol. The Labute approximate surface area is 549 Å². The molecular weight excluding hydrogens is 1330 g/mol. The molecule has 40 atom stereocenters. The van der Waals surface area contributed by atoms with Crippen LogP contribution in [0.2, 0.25) is 0 Å². The molecule has 562 valence electrons. The Morgan fingerprint density at radius 1 is 0.289 bits per heavy atom. The van der Waals surface area contributed by atoms with Crippen LogP contribution in [-0.2, 0) is 85.4 Å². The summed E-state index contributed by atoms with van der Waals surface area (Å²) in [6.45, 7) is -2.76. The Bertz CT molecular complexity index is 2490. The highest BCUT2D eigenvalue weighted by Crippen LogP contribution is 2.38. The van der Waals surface area contributed by atoms with E-state index in [0.29, 0.717) is 0 Å². The summed E-state index contributed by atoms with van der Waals surface area (Å²) in [5.41, 5.74) is 0. The summed E-state index contributed by atoms with van der Waals surface area (Å²) in [4.78, 5) is 38.0. The van der Waals surface area contributed by atoms with E-state index in [-0.39, 0.29) is 0 Å². The van der Waals surface area contributed by atoms with Gasteiger partial charge in [-0.15, -0.1) is 0 Å². The van der Waals surface area contributed by atoms with Crippen LogP contribution in [0.5, 0.6) is 0 Å². The lowest BCUT2D eigenvalue weighted by atomic mass is 9.93. The molecule has 0 unspecified atom stereocenters. The number of aliphatic hydroxyl groups excluding tert-OH is 22. The molecule has 43 heteroatoms. The van der Waals surface area contributed by atoms with Crippen molar-refractivity contribution in [3.05, 3.63) is 0 Å². The molecule has 8 aliphatic rings. The normalized spacial score (nSPS) is 49.9. The molecule has 8 rings (SSSR count). The summed E-state index contributed by atoms with van der Waals surface area (Å²) in [7, 11) is 0. The zero-order chi connectivity index (χ0) is 71.5. The molecule has 0 aromatic rings. The summed E-state index contributed by atoms with van der Waals surface area (Å²) >= 11 is 0. The second-order valence-electron chi connectivity index (χ2n) is 24.6. The molecule has 43 nitrogen and oxygen atoms in total. The first-order valence-corrected chi connectivity index (χ1v) is 31.0. The maximum atomic E-state index is 13.0. The number of nitrogens with one attached hydrogen (secondary N) is 3. The van der Waals surface area contributed by atoms with Crippen LogP contribution in [0.1, 0.15) is 27.7 Å². The highest BCUT2D eigenvalue weighted by Gasteiger charge is 2.59. The summed E-state index contributed by atoms with van der Waals surface area (Å²) in [6, 6.07) is -5.42. The van der Waals surface area contributed by atoms with E-state index in [0.717, 1.165) is 20.8 Å². The molecule has 25 N–H and O–H groups in total. The van der Waals surface area contributed by atoms with Crippen molar-refractivity contribution in [2.24, 2.45) is 0 Å². The van der Waals surface area contributed by atoms with Gasteiger partial charge in [-0.2, -0.15) is 0 Å². The molecule has 3 amide bonds. The number of aliphatic hydroxyl groups is 22. The Balaban J connectivity index is 1.07. The number of carbonyl (C=O) groups is 3. The number of carbonyl (C=O) groups excluding carboxylic acids is 3. The van der Waals surface area contributed by atoms with E-state index >= 15 is 0 Å². The van der Waals surface area contributed by atoms with Crippen molar-refractivity contribution in [1.82, 2.24) is 16.0 Å². The minimum atomic E-state index is -2.39. The van der Waals surface area contributed by atoms with E-state index < -0.39 is 309 Å². The first-order valence-electron chi connectivity index (χ1n) is 31.0. The van der Waals surface area contributed by atoms with Crippen LogP contribution in [0.15, 0.2) is 0 Å². The topological polar surface area (TPSA) is 671 Å². The molecule has 0 spiro atoms. The van der Waals surface area contributed by atoms with Gasteiger partial charge in [-0.05, 0) is 6.92 Å².